The lowest BCUT2D eigenvalue weighted by Gasteiger charge is -2.49. The van der Waals surface area contributed by atoms with Crippen LogP contribution in [0.5, 0.6) is 0 Å². The van der Waals surface area contributed by atoms with Gasteiger partial charge in [0, 0.05) is 24.4 Å². The zero-order valence-corrected chi connectivity index (χ0v) is 10.4. The first-order chi connectivity index (χ1) is 7.79. The van der Waals surface area contributed by atoms with E-state index in [1.165, 1.54) is 24.8 Å². The largest absolute Gasteiger partial charge is 0.316 e. The average Bonchev–Trinajstić information content (AvgIpc) is 2.34. The van der Waals surface area contributed by atoms with Gasteiger partial charge in [0.05, 0.1) is 0 Å². The molecule has 2 nitrogen and oxygen atoms in total. The molecule has 2 heteroatoms. The van der Waals surface area contributed by atoms with E-state index in [9.17, 15) is 0 Å². The van der Waals surface area contributed by atoms with E-state index in [-0.39, 0.29) is 0 Å². The highest BCUT2D eigenvalue weighted by Crippen LogP contribution is 2.47. The van der Waals surface area contributed by atoms with E-state index in [2.05, 4.69) is 36.3 Å². The third-order valence-corrected chi connectivity index (χ3v) is 4.09. The molecule has 1 N–H and O–H groups in total. The van der Waals surface area contributed by atoms with Gasteiger partial charge in [-0.1, -0.05) is 13.8 Å². The zero-order valence-electron chi connectivity index (χ0n) is 10.4. The number of rotatable bonds is 5. The third-order valence-electron chi connectivity index (χ3n) is 4.09. The molecule has 0 spiro atoms. The summed E-state index contributed by atoms with van der Waals surface area (Å²) in [5.41, 5.74) is 1.84. The molecule has 0 radical (unpaired) electrons. The Morgan fingerprint density at radius 2 is 2.19 bits per heavy atom. The van der Waals surface area contributed by atoms with E-state index in [0.29, 0.717) is 5.41 Å². The molecule has 0 aromatic carbocycles. The molecule has 1 heterocycles. The summed E-state index contributed by atoms with van der Waals surface area (Å²) in [4.78, 5) is 4.12. The van der Waals surface area contributed by atoms with Crippen molar-refractivity contribution in [2.45, 2.75) is 38.5 Å². The molecule has 16 heavy (non-hydrogen) atoms. The zero-order chi connectivity index (χ0) is 11.4. The molecular weight excluding hydrogens is 196 g/mol. The number of aromatic nitrogens is 1. The van der Waals surface area contributed by atoms with Crippen molar-refractivity contribution < 1.29 is 0 Å². The van der Waals surface area contributed by atoms with Crippen LogP contribution in [-0.4, -0.2) is 18.1 Å². The van der Waals surface area contributed by atoms with Gasteiger partial charge in [-0.25, -0.2) is 0 Å². The van der Waals surface area contributed by atoms with Gasteiger partial charge in [-0.2, -0.15) is 0 Å². The Kier molecular flexibility index (Phi) is 3.59. The predicted octanol–water partition coefficient (Wildman–Crippen LogP) is 2.75. The normalized spacial score (nSPS) is 28.8. The Morgan fingerprint density at radius 3 is 2.69 bits per heavy atom. The molecule has 1 aromatic rings. The van der Waals surface area contributed by atoms with Crippen LogP contribution in [0.3, 0.4) is 0 Å². The van der Waals surface area contributed by atoms with Gasteiger partial charge >= 0.3 is 0 Å². The van der Waals surface area contributed by atoms with Gasteiger partial charge in [0.2, 0.25) is 0 Å². The van der Waals surface area contributed by atoms with Gasteiger partial charge in [0.25, 0.3) is 0 Å². The van der Waals surface area contributed by atoms with E-state index in [1.54, 1.807) is 0 Å². The smallest absolute Gasteiger partial charge is 0.0270 e. The molecule has 1 aliphatic carbocycles. The van der Waals surface area contributed by atoms with Gasteiger partial charge in [0.15, 0.2) is 0 Å². The van der Waals surface area contributed by atoms with Crippen LogP contribution in [0, 0.1) is 5.92 Å². The summed E-state index contributed by atoms with van der Waals surface area (Å²) in [5, 5.41) is 3.59. The molecule has 2 rings (SSSR count). The minimum absolute atomic E-state index is 0.373. The third kappa shape index (κ3) is 1.99. The topological polar surface area (TPSA) is 24.9 Å². The summed E-state index contributed by atoms with van der Waals surface area (Å²) < 4.78 is 0. The fourth-order valence-electron chi connectivity index (χ4n) is 2.75. The summed E-state index contributed by atoms with van der Waals surface area (Å²) in [7, 11) is 0. The van der Waals surface area contributed by atoms with Crippen LogP contribution in [0.1, 0.15) is 38.7 Å². The molecule has 2 unspecified atom stereocenters. The number of nitrogens with zero attached hydrogens (tertiary/aromatic N) is 1. The lowest BCUT2D eigenvalue weighted by Crippen LogP contribution is -2.50. The van der Waals surface area contributed by atoms with Gasteiger partial charge in [-0.3, -0.25) is 4.98 Å². The van der Waals surface area contributed by atoms with Gasteiger partial charge in [-0.15, -0.1) is 0 Å². The van der Waals surface area contributed by atoms with Crippen LogP contribution < -0.4 is 5.32 Å². The fourth-order valence-corrected chi connectivity index (χ4v) is 2.75. The maximum atomic E-state index is 4.12. The molecule has 0 aliphatic heterocycles. The first-order valence-electron chi connectivity index (χ1n) is 6.41. The molecule has 1 saturated carbocycles. The second-order valence-corrected chi connectivity index (χ2v) is 5.01. The van der Waals surface area contributed by atoms with Gasteiger partial charge in [0.1, 0.15) is 0 Å². The Morgan fingerprint density at radius 1 is 1.44 bits per heavy atom. The molecule has 1 aliphatic rings. The van der Waals surface area contributed by atoms with E-state index in [0.717, 1.165) is 19.0 Å². The minimum Gasteiger partial charge on any atom is -0.316 e. The highest BCUT2D eigenvalue weighted by Gasteiger charge is 2.44. The Hall–Kier alpha value is -0.890. The highest BCUT2D eigenvalue weighted by atomic mass is 14.9. The first-order valence-corrected chi connectivity index (χ1v) is 6.41. The molecule has 1 fully saturated rings. The van der Waals surface area contributed by atoms with Crippen LogP contribution in [-0.2, 0) is 5.41 Å². The van der Waals surface area contributed by atoms with E-state index in [1.807, 2.05) is 12.4 Å². The van der Waals surface area contributed by atoms with Crippen molar-refractivity contribution >= 4 is 0 Å². The van der Waals surface area contributed by atoms with E-state index in [4.69, 9.17) is 0 Å². The second kappa shape index (κ2) is 4.96. The Labute approximate surface area is 98.5 Å². The molecule has 0 saturated heterocycles. The summed E-state index contributed by atoms with van der Waals surface area (Å²) in [6, 6.07) is 4.37. The van der Waals surface area contributed by atoms with Crippen molar-refractivity contribution in [1.82, 2.24) is 10.3 Å². The lowest BCUT2D eigenvalue weighted by molar-refractivity contribution is 0.134. The maximum absolute atomic E-state index is 4.12. The van der Waals surface area contributed by atoms with Crippen LogP contribution >= 0.6 is 0 Å². The second-order valence-electron chi connectivity index (χ2n) is 5.01. The summed E-state index contributed by atoms with van der Waals surface area (Å²) in [6.45, 7) is 6.83. The van der Waals surface area contributed by atoms with Crippen LogP contribution in [0.2, 0.25) is 0 Å². The van der Waals surface area contributed by atoms with Crippen LogP contribution in [0.4, 0.5) is 0 Å². The molecule has 88 valence electrons. The highest BCUT2D eigenvalue weighted by molar-refractivity contribution is 5.28. The van der Waals surface area contributed by atoms with Crippen LogP contribution in [0.15, 0.2) is 24.5 Å². The van der Waals surface area contributed by atoms with Crippen molar-refractivity contribution in [2.24, 2.45) is 5.92 Å². The number of hydrogen-bond donors (Lipinski definition) is 1. The van der Waals surface area contributed by atoms with Crippen molar-refractivity contribution in [3.05, 3.63) is 30.1 Å². The number of hydrogen-bond acceptors (Lipinski definition) is 2. The SMILES string of the molecule is CCCNCC1(c2ccncc2)CCC1C. The van der Waals surface area contributed by atoms with Crippen molar-refractivity contribution in [3.63, 3.8) is 0 Å². The number of pyridine rings is 1. The number of nitrogens with one attached hydrogen (secondary N) is 1. The molecule has 0 bridgehead atoms. The first kappa shape index (κ1) is 11.6. The average molecular weight is 218 g/mol. The van der Waals surface area contributed by atoms with Crippen molar-refractivity contribution in [2.75, 3.05) is 13.1 Å². The molecule has 2 atom stereocenters. The summed E-state index contributed by atoms with van der Waals surface area (Å²) in [6.07, 6.45) is 7.72. The quantitative estimate of drug-likeness (QED) is 0.769. The van der Waals surface area contributed by atoms with Gasteiger partial charge < -0.3 is 5.32 Å². The Bertz CT molecular complexity index is 323. The minimum atomic E-state index is 0.373. The van der Waals surface area contributed by atoms with E-state index < -0.39 is 0 Å². The predicted molar refractivity (Wildman–Crippen MR) is 67.5 cm³/mol. The molecular formula is C14H22N2. The van der Waals surface area contributed by atoms with Gasteiger partial charge in [-0.05, 0) is 49.4 Å². The standard InChI is InChI=1S/C14H22N2/c1-3-8-16-11-14(7-4-12(14)2)13-5-9-15-10-6-13/h5-6,9-10,12,16H,3-4,7-8,11H2,1-2H3. The summed E-state index contributed by atoms with van der Waals surface area (Å²) >= 11 is 0. The van der Waals surface area contributed by atoms with Crippen molar-refractivity contribution in [1.29, 1.82) is 0 Å². The Balaban J connectivity index is 2.10. The molecule has 0 amide bonds. The molecule has 1 aromatic heterocycles. The monoisotopic (exact) mass is 218 g/mol. The van der Waals surface area contributed by atoms with Crippen LogP contribution in [0.25, 0.3) is 0 Å². The van der Waals surface area contributed by atoms with E-state index >= 15 is 0 Å². The van der Waals surface area contributed by atoms with Crippen molar-refractivity contribution in [3.8, 4) is 0 Å². The lowest BCUT2D eigenvalue weighted by atomic mass is 9.57. The maximum Gasteiger partial charge on any atom is 0.0270 e. The fraction of sp³-hybridized carbons (Fsp3) is 0.643. The summed E-state index contributed by atoms with van der Waals surface area (Å²) in [5.74, 6) is 0.791.